The van der Waals surface area contributed by atoms with Crippen LogP contribution in [0.1, 0.15) is 5.69 Å². The summed E-state index contributed by atoms with van der Waals surface area (Å²) in [5.41, 5.74) is 1.46. The van der Waals surface area contributed by atoms with Crippen LogP contribution >= 0.6 is 11.6 Å². The predicted octanol–water partition coefficient (Wildman–Crippen LogP) is 1.87. The van der Waals surface area contributed by atoms with Crippen molar-refractivity contribution < 1.29 is 9.18 Å². The van der Waals surface area contributed by atoms with E-state index >= 15 is 0 Å². The second kappa shape index (κ2) is 5.64. The quantitative estimate of drug-likeness (QED) is 0.860. The number of alkyl halides is 1. The van der Waals surface area contributed by atoms with Crippen LogP contribution in [0, 0.1) is 5.82 Å². The summed E-state index contributed by atoms with van der Waals surface area (Å²) in [7, 11) is 0. The first-order valence-electron chi connectivity index (χ1n) is 5.32. The molecule has 1 aromatic heterocycles. The lowest BCUT2D eigenvalue weighted by Crippen LogP contribution is -2.23. The zero-order valence-electron chi connectivity index (χ0n) is 9.44. The molecule has 2 aromatic rings. The summed E-state index contributed by atoms with van der Waals surface area (Å²) in [6.07, 6.45) is 1.75. The van der Waals surface area contributed by atoms with Gasteiger partial charge in [0, 0.05) is 6.20 Å². The highest BCUT2D eigenvalue weighted by atomic mass is 35.5. The van der Waals surface area contributed by atoms with Gasteiger partial charge in [-0.25, -0.2) is 9.07 Å². The highest BCUT2D eigenvalue weighted by molar-refractivity contribution is 6.27. The van der Waals surface area contributed by atoms with Crippen LogP contribution in [0.4, 0.5) is 4.39 Å². The van der Waals surface area contributed by atoms with E-state index in [1.807, 2.05) is 0 Å². The summed E-state index contributed by atoms with van der Waals surface area (Å²) in [4.78, 5) is 11.0. The van der Waals surface area contributed by atoms with E-state index in [-0.39, 0.29) is 17.6 Å². The lowest BCUT2D eigenvalue weighted by molar-refractivity contribution is -0.118. The molecule has 1 N–H and O–H groups in total. The van der Waals surface area contributed by atoms with Gasteiger partial charge in [-0.05, 0) is 30.3 Å². The molecule has 1 heterocycles. The Labute approximate surface area is 108 Å². The molecule has 6 heteroatoms. The molecule has 0 aliphatic carbocycles. The average Bonchev–Trinajstić information content (AvgIpc) is 2.85. The average molecular weight is 268 g/mol. The van der Waals surface area contributed by atoms with Gasteiger partial charge in [0.1, 0.15) is 11.7 Å². The summed E-state index contributed by atoms with van der Waals surface area (Å²) in [5, 5.41) is 6.87. The maximum absolute atomic E-state index is 12.8. The minimum absolute atomic E-state index is 0.0708. The van der Waals surface area contributed by atoms with Gasteiger partial charge in [0.05, 0.1) is 17.9 Å². The number of benzene rings is 1. The van der Waals surface area contributed by atoms with E-state index in [0.717, 1.165) is 5.69 Å². The van der Waals surface area contributed by atoms with E-state index in [4.69, 9.17) is 11.6 Å². The molecule has 0 aliphatic heterocycles. The standard InChI is InChI=1S/C12H11ClFN3O/c13-7-12(18)15-8-10-5-6-17(16-10)11-3-1-9(14)2-4-11/h1-6H,7-8H2,(H,15,18). The third-order valence-corrected chi connectivity index (χ3v) is 2.57. The molecule has 0 aliphatic rings. The zero-order valence-corrected chi connectivity index (χ0v) is 10.2. The molecule has 1 aromatic carbocycles. The molecule has 0 spiro atoms. The van der Waals surface area contributed by atoms with Crippen molar-refractivity contribution in [1.82, 2.24) is 15.1 Å². The number of rotatable bonds is 4. The van der Waals surface area contributed by atoms with Crippen LogP contribution in [0.25, 0.3) is 5.69 Å². The summed E-state index contributed by atoms with van der Waals surface area (Å²) in [6.45, 7) is 0.319. The maximum atomic E-state index is 12.8. The molecular formula is C12H11ClFN3O. The van der Waals surface area contributed by atoms with Crippen molar-refractivity contribution in [2.45, 2.75) is 6.54 Å². The Kier molecular flexibility index (Phi) is 3.94. The molecule has 18 heavy (non-hydrogen) atoms. The van der Waals surface area contributed by atoms with E-state index in [2.05, 4.69) is 10.4 Å². The second-order valence-corrected chi connectivity index (χ2v) is 3.91. The first-order valence-corrected chi connectivity index (χ1v) is 5.85. The smallest absolute Gasteiger partial charge is 0.235 e. The fourth-order valence-corrected chi connectivity index (χ4v) is 1.52. The largest absolute Gasteiger partial charge is 0.349 e. The van der Waals surface area contributed by atoms with Crippen LogP contribution in [0.2, 0.25) is 0 Å². The Morgan fingerprint density at radius 2 is 2.06 bits per heavy atom. The summed E-state index contributed by atoms with van der Waals surface area (Å²) < 4.78 is 14.4. The number of nitrogens with zero attached hydrogens (tertiary/aromatic N) is 2. The van der Waals surface area contributed by atoms with Gasteiger partial charge in [0.15, 0.2) is 0 Å². The number of hydrogen-bond donors (Lipinski definition) is 1. The molecule has 0 radical (unpaired) electrons. The van der Waals surface area contributed by atoms with Gasteiger partial charge in [0.25, 0.3) is 0 Å². The van der Waals surface area contributed by atoms with Crippen molar-refractivity contribution in [3.05, 3.63) is 48.0 Å². The molecule has 4 nitrogen and oxygen atoms in total. The first-order chi connectivity index (χ1) is 8.69. The molecule has 1 amide bonds. The van der Waals surface area contributed by atoms with Gasteiger partial charge < -0.3 is 5.32 Å². The Balaban J connectivity index is 2.06. The monoisotopic (exact) mass is 267 g/mol. The van der Waals surface area contributed by atoms with E-state index in [0.29, 0.717) is 12.2 Å². The molecule has 0 bridgehead atoms. The topological polar surface area (TPSA) is 46.9 Å². The molecule has 0 saturated heterocycles. The number of halogens is 2. The van der Waals surface area contributed by atoms with Crippen molar-refractivity contribution >= 4 is 17.5 Å². The van der Waals surface area contributed by atoms with Crippen LogP contribution in [-0.2, 0) is 11.3 Å². The van der Waals surface area contributed by atoms with E-state index < -0.39 is 0 Å². The fraction of sp³-hybridized carbons (Fsp3) is 0.167. The predicted molar refractivity (Wildman–Crippen MR) is 66.1 cm³/mol. The van der Waals surface area contributed by atoms with Crippen molar-refractivity contribution in [3.8, 4) is 5.69 Å². The van der Waals surface area contributed by atoms with Gasteiger partial charge in [-0.3, -0.25) is 4.79 Å². The van der Waals surface area contributed by atoms with Crippen LogP contribution in [0.15, 0.2) is 36.5 Å². The Hall–Kier alpha value is -1.88. The molecule has 94 valence electrons. The van der Waals surface area contributed by atoms with Gasteiger partial charge >= 0.3 is 0 Å². The molecule has 0 unspecified atom stereocenters. The minimum atomic E-state index is -0.291. The maximum Gasteiger partial charge on any atom is 0.235 e. The lowest BCUT2D eigenvalue weighted by atomic mass is 10.3. The third-order valence-electron chi connectivity index (χ3n) is 2.32. The Morgan fingerprint density at radius 3 is 2.72 bits per heavy atom. The first kappa shape index (κ1) is 12.6. The third kappa shape index (κ3) is 3.07. The fourth-order valence-electron chi connectivity index (χ4n) is 1.43. The van der Waals surface area contributed by atoms with Gasteiger partial charge in [-0.1, -0.05) is 0 Å². The highest BCUT2D eigenvalue weighted by Gasteiger charge is 2.03. The van der Waals surface area contributed by atoms with E-state index in [1.54, 1.807) is 29.1 Å². The van der Waals surface area contributed by atoms with Gasteiger partial charge in [-0.15, -0.1) is 11.6 Å². The summed E-state index contributed by atoms with van der Waals surface area (Å²) >= 11 is 5.36. The van der Waals surface area contributed by atoms with Gasteiger partial charge in [0.2, 0.25) is 5.91 Å². The number of nitrogens with one attached hydrogen (secondary N) is 1. The number of hydrogen-bond acceptors (Lipinski definition) is 2. The number of carbonyl (C=O) groups excluding carboxylic acids is 1. The summed E-state index contributed by atoms with van der Waals surface area (Å²) in [6, 6.07) is 7.77. The van der Waals surface area contributed by atoms with Crippen LogP contribution in [0.3, 0.4) is 0 Å². The molecule has 2 rings (SSSR count). The molecule has 0 fully saturated rings. The lowest BCUT2D eigenvalue weighted by Gasteiger charge is -2.01. The van der Waals surface area contributed by atoms with Gasteiger partial charge in [-0.2, -0.15) is 5.10 Å². The molecular weight excluding hydrogens is 257 g/mol. The minimum Gasteiger partial charge on any atom is -0.349 e. The Morgan fingerprint density at radius 1 is 1.33 bits per heavy atom. The van der Waals surface area contributed by atoms with Crippen LogP contribution < -0.4 is 5.32 Å². The van der Waals surface area contributed by atoms with Crippen molar-refractivity contribution in [1.29, 1.82) is 0 Å². The van der Waals surface area contributed by atoms with E-state index in [9.17, 15) is 9.18 Å². The van der Waals surface area contributed by atoms with E-state index in [1.165, 1.54) is 12.1 Å². The Bertz CT molecular complexity index is 539. The van der Waals surface area contributed by atoms with Crippen molar-refractivity contribution in [2.24, 2.45) is 0 Å². The number of aromatic nitrogens is 2. The second-order valence-electron chi connectivity index (χ2n) is 3.64. The number of carbonyl (C=O) groups is 1. The van der Waals surface area contributed by atoms with Crippen molar-refractivity contribution in [2.75, 3.05) is 5.88 Å². The number of amides is 1. The normalized spacial score (nSPS) is 10.3. The highest BCUT2D eigenvalue weighted by Crippen LogP contribution is 2.08. The van der Waals surface area contributed by atoms with Crippen LogP contribution in [0.5, 0.6) is 0 Å². The molecule has 0 atom stereocenters. The SMILES string of the molecule is O=C(CCl)NCc1ccn(-c2ccc(F)cc2)n1. The summed E-state index contributed by atoms with van der Waals surface area (Å²) in [5.74, 6) is -0.605. The molecule has 0 saturated carbocycles. The zero-order chi connectivity index (χ0) is 13.0. The van der Waals surface area contributed by atoms with Crippen LogP contribution in [-0.4, -0.2) is 21.6 Å². The van der Waals surface area contributed by atoms with Crippen molar-refractivity contribution in [3.63, 3.8) is 0 Å².